The summed E-state index contributed by atoms with van der Waals surface area (Å²) in [5.41, 5.74) is 2.60. The van der Waals surface area contributed by atoms with E-state index in [1.54, 1.807) is 48.8 Å². The number of anilines is 1. The summed E-state index contributed by atoms with van der Waals surface area (Å²) in [6.45, 7) is 3.48. The minimum Gasteiger partial charge on any atom is -0.466 e. The van der Waals surface area contributed by atoms with Crippen LogP contribution in [0.5, 0.6) is 5.75 Å². The largest absolute Gasteiger partial charge is 0.466 e. The van der Waals surface area contributed by atoms with Crippen molar-refractivity contribution < 1.29 is 19.1 Å². The van der Waals surface area contributed by atoms with Gasteiger partial charge in [0.15, 0.2) is 0 Å². The number of esters is 1. The molecule has 0 aliphatic carbocycles. The van der Waals surface area contributed by atoms with Crippen LogP contribution in [0.2, 0.25) is 0 Å². The van der Waals surface area contributed by atoms with Gasteiger partial charge in [-0.25, -0.2) is 0 Å². The molecule has 3 aromatic rings. The lowest BCUT2D eigenvalue weighted by Gasteiger charge is -2.31. The maximum absolute atomic E-state index is 12.6. The van der Waals surface area contributed by atoms with Crippen LogP contribution in [0, 0.1) is 5.92 Å². The number of piperidine rings is 1. The molecule has 33 heavy (non-hydrogen) atoms. The van der Waals surface area contributed by atoms with Gasteiger partial charge in [-0.3, -0.25) is 19.6 Å². The molecule has 0 unspecified atom stereocenters. The molecule has 2 heterocycles. The van der Waals surface area contributed by atoms with E-state index >= 15 is 0 Å². The van der Waals surface area contributed by atoms with Gasteiger partial charge in [-0.2, -0.15) is 0 Å². The van der Waals surface area contributed by atoms with Crippen molar-refractivity contribution in [3.8, 4) is 5.75 Å². The second kappa shape index (κ2) is 10.4. The third-order valence-corrected chi connectivity index (χ3v) is 5.76. The van der Waals surface area contributed by atoms with E-state index < -0.39 is 0 Å². The van der Waals surface area contributed by atoms with E-state index in [2.05, 4.69) is 15.3 Å². The minimum atomic E-state index is -0.242. The Morgan fingerprint density at radius 3 is 2.45 bits per heavy atom. The van der Waals surface area contributed by atoms with Gasteiger partial charge in [0.2, 0.25) is 0 Å². The first-order chi connectivity index (χ1) is 16.0. The molecule has 4 rings (SSSR count). The SMILES string of the molecule is CCOC(=O)C1CCN(C(=S)Oc2ccc(C(=O)Nc3ccc4nccnc4c3)cc2)CC1. The highest BCUT2D eigenvalue weighted by Gasteiger charge is 2.27. The molecule has 0 saturated carbocycles. The maximum Gasteiger partial charge on any atom is 0.309 e. The van der Waals surface area contributed by atoms with Crippen LogP contribution in [-0.4, -0.2) is 51.6 Å². The quantitative estimate of drug-likeness (QED) is 0.450. The smallest absolute Gasteiger partial charge is 0.309 e. The van der Waals surface area contributed by atoms with Crippen LogP contribution in [0.3, 0.4) is 0 Å². The topological polar surface area (TPSA) is 93.6 Å². The average Bonchev–Trinajstić information content (AvgIpc) is 2.84. The molecule has 0 radical (unpaired) electrons. The van der Waals surface area contributed by atoms with E-state index in [-0.39, 0.29) is 17.8 Å². The van der Waals surface area contributed by atoms with E-state index in [0.29, 0.717) is 60.2 Å². The van der Waals surface area contributed by atoms with Gasteiger partial charge in [-0.15, -0.1) is 0 Å². The lowest BCUT2D eigenvalue weighted by molar-refractivity contribution is -0.149. The summed E-state index contributed by atoms with van der Waals surface area (Å²) >= 11 is 5.42. The van der Waals surface area contributed by atoms with Gasteiger partial charge in [0.1, 0.15) is 5.75 Å². The zero-order chi connectivity index (χ0) is 23.2. The fourth-order valence-corrected chi connectivity index (χ4v) is 3.92. The standard InChI is InChI=1S/C24H24N4O4S/c1-2-31-23(30)17-9-13-28(14-10-17)24(33)32-19-6-3-16(4-7-19)22(29)27-18-5-8-20-21(15-18)26-12-11-25-20/h3-8,11-12,15,17H,2,9-10,13-14H2,1H3,(H,27,29). The van der Waals surface area contributed by atoms with Crippen LogP contribution < -0.4 is 10.1 Å². The van der Waals surface area contributed by atoms with Gasteiger partial charge in [0.25, 0.3) is 11.1 Å². The summed E-state index contributed by atoms with van der Waals surface area (Å²) in [7, 11) is 0. The van der Waals surface area contributed by atoms with Crippen molar-refractivity contribution in [1.82, 2.24) is 14.9 Å². The second-order valence-electron chi connectivity index (χ2n) is 7.62. The van der Waals surface area contributed by atoms with Crippen molar-refractivity contribution >= 4 is 46.0 Å². The molecule has 1 aromatic heterocycles. The van der Waals surface area contributed by atoms with E-state index in [1.165, 1.54) is 0 Å². The zero-order valence-electron chi connectivity index (χ0n) is 18.2. The number of ether oxygens (including phenoxy) is 2. The van der Waals surface area contributed by atoms with Gasteiger partial charge in [0, 0.05) is 36.7 Å². The summed E-state index contributed by atoms with van der Waals surface area (Å²) in [6.07, 6.45) is 4.60. The van der Waals surface area contributed by atoms with Crippen molar-refractivity contribution in [1.29, 1.82) is 0 Å². The Kier molecular flexibility index (Phi) is 7.09. The maximum atomic E-state index is 12.6. The number of likely N-dealkylation sites (tertiary alicyclic amines) is 1. The number of rotatable bonds is 5. The average molecular weight is 465 g/mol. The molecule has 9 heteroatoms. The first kappa shape index (κ1) is 22.6. The van der Waals surface area contributed by atoms with Gasteiger partial charge in [0.05, 0.1) is 23.6 Å². The molecule has 8 nitrogen and oxygen atoms in total. The highest BCUT2D eigenvalue weighted by Crippen LogP contribution is 2.21. The van der Waals surface area contributed by atoms with Crippen LogP contribution in [0.1, 0.15) is 30.1 Å². The number of hydrogen-bond donors (Lipinski definition) is 1. The Labute approximate surface area is 196 Å². The van der Waals surface area contributed by atoms with Crippen molar-refractivity contribution in [2.45, 2.75) is 19.8 Å². The number of carbonyl (C=O) groups excluding carboxylic acids is 2. The third kappa shape index (κ3) is 5.61. The number of amides is 1. The lowest BCUT2D eigenvalue weighted by Crippen LogP contribution is -2.41. The van der Waals surface area contributed by atoms with Crippen LogP contribution in [0.15, 0.2) is 54.9 Å². The van der Waals surface area contributed by atoms with Gasteiger partial charge in [-0.1, -0.05) is 0 Å². The molecule has 0 atom stereocenters. The fourth-order valence-electron chi connectivity index (χ4n) is 3.64. The van der Waals surface area contributed by atoms with Crippen molar-refractivity contribution in [3.05, 3.63) is 60.4 Å². The second-order valence-corrected chi connectivity index (χ2v) is 7.97. The predicted octanol–water partition coefficient (Wildman–Crippen LogP) is 3.82. The van der Waals surface area contributed by atoms with E-state index in [9.17, 15) is 9.59 Å². The Bertz CT molecular complexity index is 1160. The van der Waals surface area contributed by atoms with Crippen LogP contribution >= 0.6 is 12.2 Å². The van der Waals surface area contributed by atoms with Crippen LogP contribution in [0.25, 0.3) is 11.0 Å². The number of hydrogen-bond acceptors (Lipinski definition) is 7. The molecule has 1 aliphatic heterocycles. The normalized spacial score (nSPS) is 14.0. The molecule has 1 fully saturated rings. The summed E-state index contributed by atoms with van der Waals surface area (Å²) in [4.78, 5) is 34.9. The number of fused-ring (bicyclic) bond motifs is 1. The molecule has 0 spiro atoms. The number of aromatic nitrogens is 2. The molecule has 1 saturated heterocycles. The Balaban J connectivity index is 1.31. The van der Waals surface area contributed by atoms with Crippen molar-refractivity contribution in [2.75, 3.05) is 25.0 Å². The number of nitrogens with zero attached hydrogens (tertiary/aromatic N) is 3. The molecule has 170 valence electrons. The predicted molar refractivity (Wildman–Crippen MR) is 128 cm³/mol. The molecule has 0 bridgehead atoms. The Morgan fingerprint density at radius 1 is 1.06 bits per heavy atom. The van der Waals surface area contributed by atoms with Crippen LogP contribution in [0.4, 0.5) is 5.69 Å². The van der Waals surface area contributed by atoms with E-state index in [4.69, 9.17) is 21.7 Å². The first-order valence-electron chi connectivity index (χ1n) is 10.8. The molecular formula is C24H24N4O4S. The van der Waals surface area contributed by atoms with Crippen molar-refractivity contribution in [3.63, 3.8) is 0 Å². The molecule has 1 aliphatic rings. The minimum absolute atomic E-state index is 0.0866. The molecule has 1 amide bonds. The molecule has 1 N–H and O–H groups in total. The summed E-state index contributed by atoms with van der Waals surface area (Å²) in [6, 6.07) is 12.2. The van der Waals surface area contributed by atoms with Gasteiger partial charge < -0.3 is 19.7 Å². The highest BCUT2D eigenvalue weighted by molar-refractivity contribution is 7.80. The number of thiocarbonyl (C=S) groups is 1. The van der Waals surface area contributed by atoms with Crippen molar-refractivity contribution in [2.24, 2.45) is 5.92 Å². The van der Waals surface area contributed by atoms with E-state index in [1.807, 2.05) is 17.9 Å². The van der Waals surface area contributed by atoms with E-state index in [0.717, 1.165) is 5.52 Å². The number of benzene rings is 2. The monoisotopic (exact) mass is 464 g/mol. The summed E-state index contributed by atoms with van der Waals surface area (Å²) in [5.74, 6) is 0.0735. The highest BCUT2D eigenvalue weighted by atomic mass is 32.1. The first-order valence-corrected chi connectivity index (χ1v) is 11.2. The summed E-state index contributed by atoms with van der Waals surface area (Å²) < 4.78 is 10.9. The lowest BCUT2D eigenvalue weighted by atomic mass is 9.97. The molecular weight excluding hydrogens is 440 g/mol. The third-order valence-electron chi connectivity index (χ3n) is 5.42. The number of nitrogens with one attached hydrogen (secondary N) is 1. The van der Waals surface area contributed by atoms with Crippen LogP contribution in [-0.2, 0) is 9.53 Å². The van der Waals surface area contributed by atoms with Gasteiger partial charge in [-0.05, 0) is 74.4 Å². The van der Waals surface area contributed by atoms with Gasteiger partial charge >= 0.3 is 5.97 Å². The molecule has 2 aromatic carbocycles. The Morgan fingerprint density at radius 2 is 1.76 bits per heavy atom. The fraction of sp³-hybridized carbons (Fsp3) is 0.292. The zero-order valence-corrected chi connectivity index (χ0v) is 19.0. The number of carbonyl (C=O) groups is 2. The Hall–Kier alpha value is -3.59. The summed E-state index contributed by atoms with van der Waals surface area (Å²) in [5, 5.41) is 3.22.